The highest BCUT2D eigenvalue weighted by molar-refractivity contribution is 5.37. The Kier molecular flexibility index (Phi) is 4.83. The molecule has 3 nitrogen and oxygen atoms in total. The van der Waals surface area contributed by atoms with Gasteiger partial charge in [0, 0.05) is 24.2 Å². The molecule has 1 heterocycles. The first-order valence-corrected chi connectivity index (χ1v) is 7.38. The molecule has 1 aliphatic rings. The summed E-state index contributed by atoms with van der Waals surface area (Å²) in [6, 6.07) is 6.65. The molecule has 1 aromatic carbocycles. The smallest absolute Gasteiger partial charge is 0.120 e. The van der Waals surface area contributed by atoms with Crippen LogP contribution in [-0.4, -0.2) is 35.7 Å². The number of nitrogens with zero attached hydrogens (tertiary/aromatic N) is 1. The van der Waals surface area contributed by atoms with Gasteiger partial charge in [0.25, 0.3) is 0 Å². The van der Waals surface area contributed by atoms with E-state index < -0.39 is 0 Å². The number of hydrogen-bond acceptors (Lipinski definition) is 3. The third-order valence-corrected chi connectivity index (χ3v) is 4.21. The molecule has 0 saturated carbocycles. The van der Waals surface area contributed by atoms with E-state index in [1.54, 1.807) is 6.07 Å². The van der Waals surface area contributed by atoms with E-state index in [0.717, 1.165) is 18.7 Å². The molecule has 0 amide bonds. The lowest BCUT2D eigenvalue weighted by molar-refractivity contribution is 0.255. The van der Waals surface area contributed by atoms with E-state index >= 15 is 0 Å². The third kappa shape index (κ3) is 3.48. The second-order valence-electron chi connectivity index (χ2n) is 5.62. The summed E-state index contributed by atoms with van der Waals surface area (Å²) < 4.78 is 0. The number of benzene rings is 1. The van der Waals surface area contributed by atoms with Crippen LogP contribution in [0.25, 0.3) is 0 Å². The van der Waals surface area contributed by atoms with E-state index in [-0.39, 0.29) is 6.04 Å². The molecule has 1 aromatic rings. The minimum atomic E-state index is 0.194. The van der Waals surface area contributed by atoms with Gasteiger partial charge in [-0.2, -0.15) is 0 Å². The van der Waals surface area contributed by atoms with Crippen LogP contribution in [0.2, 0.25) is 0 Å². The lowest BCUT2D eigenvalue weighted by Gasteiger charge is -2.25. The van der Waals surface area contributed by atoms with Crippen molar-refractivity contribution in [2.24, 2.45) is 0 Å². The fourth-order valence-corrected chi connectivity index (χ4v) is 2.99. The predicted octanol–water partition coefficient (Wildman–Crippen LogP) is 2.84. The number of likely N-dealkylation sites (N-methyl/N-ethyl adjacent to an activating group) is 1. The van der Waals surface area contributed by atoms with Crippen LogP contribution in [-0.2, 0) is 0 Å². The van der Waals surface area contributed by atoms with Gasteiger partial charge in [-0.25, -0.2) is 0 Å². The van der Waals surface area contributed by atoms with Gasteiger partial charge in [-0.1, -0.05) is 24.6 Å². The minimum Gasteiger partial charge on any atom is -0.508 e. The minimum absolute atomic E-state index is 0.194. The third-order valence-electron chi connectivity index (χ3n) is 4.21. The Labute approximate surface area is 116 Å². The Hall–Kier alpha value is -1.06. The van der Waals surface area contributed by atoms with Gasteiger partial charge in [-0.05, 0) is 45.8 Å². The number of nitrogens with one attached hydrogen (secondary N) is 1. The summed E-state index contributed by atoms with van der Waals surface area (Å²) >= 11 is 0. The standard InChI is InChI=1S/C16H26N2O/c1-4-18-9-5-6-14(18)11-17-13(3)15-10-12(2)7-8-16(15)19/h7-8,10,13-14,17,19H,4-6,9,11H2,1-3H3. The number of likely N-dealkylation sites (tertiary alicyclic amines) is 1. The van der Waals surface area contributed by atoms with Crippen molar-refractivity contribution < 1.29 is 5.11 Å². The van der Waals surface area contributed by atoms with Crippen molar-refractivity contribution in [2.75, 3.05) is 19.6 Å². The normalized spacial score (nSPS) is 21.7. The molecule has 3 heteroatoms. The van der Waals surface area contributed by atoms with Gasteiger partial charge in [-0.15, -0.1) is 0 Å². The number of phenols is 1. The van der Waals surface area contributed by atoms with E-state index in [2.05, 4.69) is 37.1 Å². The Balaban J connectivity index is 1.93. The van der Waals surface area contributed by atoms with E-state index in [1.165, 1.54) is 24.9 Å². The van der Waals surface area contributed by atoms with Crippen LogP contribution in [0.3, 0.4) is 0 Å². The summed E-state index contributed by atoms with van der Waals surface area (Å²) in [4.78, 5) is 2.54. The van der Waals surface area contributed by atoms with Crippen LogP contribution in [0.1, 0.15) is 43.9 Å². The zero-order valence-corrected chi connectivity index (χ0v) is 12.3. The van der Waals surface area contributed by atoms with E-state index in [4.69, 9.17) is 0 Å². The van der Waals surface area contributed by atoms with Gasteiger partial charge >= 0.3 is 0 Å². The van der Waals surface area contributed by atoms with Gasteiger partial charge in [0.2, 0.25) is 0 Å². The van der Waals surface area contributed by atoms with Crippen LogP contribution in [0.4, 0.5) is 0 Å². The molecule has 2 unspecified atom stereocenters. The molecule has 1 saturated heterocycles. The Morgan fingerprint density at radius 3 is 3.00 bits per heavy atom. The van der Waals surface area contributed by atoms with Crippen LogP contribution < -0.4 is 5.32 Å². The molecule has 19 heavy (non-hydrogen) atoms. The zero-order chi connectivity index (χ0) is 13.8. The Morgan fingerprint density at radius 2 is 2.26 bits per heavy atom. The zero-order valence-electron chi connectivity index (χ0n) is 12.3. The lowest BCUT2D eigenvalue weighted by Crippen LogP contribution is -2.38. The Morgan fingerprint density at radius 1 is 1.47 bits per heavy atom. The molecule has 2 atom stereocenters. The maximum Gasteiger partial charge on any atom is 0.120 e. The van der Waals surface area contributed by atoms with E-state index in [0.29, 0.717) is 11.8 Å². The average molecular weight is 262 g/mol. The number of rotatable bonds is 5. The van der Waals surface area contributed by atoms with Gasteiger partial charge in [0.05, 0.1) is 0 Å². The summed E-state index contributed by atoms with van der Waals surface area (Å²) in [5, 5.41) is 13.5. The molecular weight excluding hydrogens is 236 g/mol. The van der Waals surface area contributed by atoms with Crippen LogP contribution in [0.5, 0.6) is 5.75 Å². The van der Waals surface area contributed by atoms with Crippen molar-refractivity contribution in [1.82, 2.24) is 10.2 Å². The highest BCUT2D eigenvalue weighted by Gasteiger charge is 2.23. The second-order valence-corrected chi connectivity index (χ2v) is 5.62. The number of aromatic hydroxyl groups is 1. The monoisotopic (exact) mass is 262 g/mol. The molecule has 106 valence electrons. The second kappa shape index (κ2) is 6.40. The van der Waals surface area contributed by atoms with Crippen molar-refractivity contribution in [3.63, 3.8) is 0 Å². The number of aryl methyl sites for hydroxylation is 1. The van der Waals surface area contributed by atoms with E-state index in [1.807, 2.05) is 6.07 Å². The Bertz CT molecular complexity index is 419. The molecule has 2 N–H and O–H groups in total. The summed E-state index contributed by atoms with van der Waals surface area (Å²) in [6.45, 7) is 9.78. The first kappa shape index (κ1) is 14.4. The molecular formula is C16H26N2O. The molecule has 1 fully saturated rings. The van der Waals surface area contributed by atoms with Crippen LogP contribution >= 0.6 is 0 Å². The van der Waals surface area contributed by atoms with Gasteiger partial charge in [0.1, 0.15) is 5.75 Å². The summed E-state index contributed by atoms with van der Waals surface area (Å²) in [5.74, 6) is 0.393. The fourth-order valence-electron chi connectivity index (χ4n) is 2.99. The maximum atomic E-state index is 9.95. The SMILES string of the molecule is CCN1CCCC1CNC(C)c1cc(C)ccc1O. The first-order chi connectivity index (χ1) is 9.11. The maximum absolute atomic E-state index is 9.95. The van der Waals surface area contributed by atoms with Crippen molar-refractivity contribution in [3.8, 4) is 5.75 Å². The largest absolute Gasteiger partial charge is 0.508 e. The number of phenolic OH excluding ortho intramolecular Hbond substituents is 1. The molecule has 0 bridgehead atoms. The molecule has 1 aliphatic heterocycles. The quantitative estimate of drug-likeness (QED) is 0.856. The van der Waals surface area contributed by atoms with Crippen molar-refractivity contribution in [1.29, 1.82) is 0 Å². The molecule has 0 spiro atoms. The molecule has 0 aromatic heterocycles. The van der Waals surface area contributed by atoms with Crippen LogP contribution in [0, 0.1) is 6.92 Å². The van der Waals surface area contributed by atoms with Crippen LogP contribution in [0.15, 0.2) is 18.2 Å². The number of hydrogen-bond donors (Lipinski definition) is 2. The summed E-state index contributed by atoms with van der Waals surface area (Å²) in [5.41, 5.74) is 2.19. The van der Waals surface area contributed by atoms with Crippen molar-refractivity contribution >= 4 is 0 Å². The van der Waals surface area contributed by atoms with Crippen molar-refractivity contribution in [2.45, 2.75) is 45.7 Å². The highest BCUT2D eigenvalue weighted by Crippen LogP contribution is 2.25. The van der Waals surface area contributed by atoms with Gasteiger partial charge < -0.3 is 10.4 Å². The highest BCUT2D eigenvalue weighted by atomic mass is 16.3. The summed E-state index contributed by atoms with van der Waals surface area (Å²) in [6.07, 6.45) is 2.59. The molecule has 0 radical (unpaired) electrons. The van der Waals surface area contributed by atoms with E-state index in [9.17, 15) is 5.11 Å². The fraction of sp³-hybridized carbons (Fsp3) is 0.625. The summed E-state index contributed by atoms with van der Waals surface area (Å²) in [7, 11) is 0. The van der Waals surface area contributed by atoms with Crippen molar-refractivity contribution in [3.05, 3.63) is 29.3 Å². The lowest BCUT2D eigenvalue weighted by atomic mass is 10.0. The molecule has 0 aliphatic carbocycles. The van der Waals surface area contributed by atoms with Gasteiger partial charge in [-0.3, -0.25) is 4.90 Å². The average Bonchev–Trinajstić information content (AvgIpc) is 2.86. The van der Waals surface area contributed by atoms with Gasteiger partial charge in [0.15, 0.2) is 0 Å². The molecule has 2 rings (SSSR count). The first-order valence-electron chi connectivity index (χ1n) is 7.38. The predicted molar refractivity (Wildman–Crippen MR) is 79.5 cm³/mol. The topological polar surface area (TPSA) is 35.5 Å².